The summed E-state index contributed by atoms with van der Waals surface area (Å²) >= 11 is 0. The lowest BCUT2D eigenvalue weighted by Gasteiger charge is -2.32. The molecule has 1 amide bonds. The summed E-state index contributed by atoms with van der Waals surface area (Å²) in [5.74, 6) is -1.78. The van der Waals surface area contributed by atoms with Gasteiger partial charge in [0, 0.05) is 38.0 Å². The van der Waals surface area contributed by atoms with Gasteiger partial charge in [-0.1, -0.05) is 11.2 Å². The van der Waals surface area contributed by atoms with Gasteiger partial charge in [0.05, 0.1) is 16.8 Å². The van der Waals surface area contributed by atoms with Gasteiger partial charge in [0.15, 0.2) is 6.10 Å². The summed E-state index contributed by atoms with van der Waals surface area (Å²) in [7, 11) is 0. The standard InChI is InChI=1S/C27H23F5N4O3/c28-19-2-1-3-20(29)26(19)23-13-22(34-39-23)21-12-17(6-9-33-21)16-7-10-35(11-8-16)25(38)15-36-14-18(27(30,31)32)4-5-24(36)37/h1-6,9,12,14,16,23H,7-8,10-11,13,15H2. The molecule has 2 aliphatic rings. The Morgan fingerprint density at radius 1 is 1.05 bits per heavy atom. The van der Waals surface area contributed by atoms with Gasteiger partial charge in [-0.2, -0.15) is 13.2 Å². The molecule has 1 aromatic carbocycles. The van der Waals surface area contributed by atoms with Crippen molar-refractivity contribution in [2.75, 3.05) is 13.1 Å². The van der Waals surface area contributed by atoms with Crippen molar-refractivity contribution >= 4 is 11.6 Å². The van der Waals surface area contributed by atoms with Crippen molar-refractivity contribution in [1.29, 1.82) is 0 Å². The lowest BCUT2D eigenvalue weighted by Crippen LogP contribution is -2.41. The van der Waals surface area contributed by atoms with Crippen LogP contribution in [0.5, 0.6) is 0 Å². The van der Waals surface area contributed by atoms with E-state index in [9.17, 15) is 31.5 Å². The van der Waals surface area contributed by atoms with Gasteiger partial charge in [-0.3, -0.25) is 14.6 Å². The molecular weight excluding hydrogens is 523 g/mol. The number of hydrogen-bond acceptors (Lipinski definition) is 5. The summed E-state index contributed by atoms with van der Waals surface area (Å²) in [5.41, 5.74) is 0.0677. The number of benzene rings is 1. The number of carbonyl (C=O) groups excluding carboxylic acids is 1. The SMILES string of the molecule is O=C(Cn1cc(C(F)(F)F)ccc1=O)N1CCC(c2ccnc(C3=NOC(c4c(F)cccc4F)C3)c2)CC1. The third-order valence-electron chi connectivity index (χ3n) is 7.01. The van der Waals surface area contributed by atoms with Crippen LogP contribution in [0.2, 0.25) is 0 Å². The number of piperidine rings is 1. The molecular formula is C27H23F5N4O3. The number of aromatic nitrogens is 2. The van der Waals surface area contributed by atoms with Gasteiger partial charge in [-0.15, -0.1) is 0 Å². The topological polar surface area (TPSA) is 76.8 Å². The van der Waals surface area contributed by atoms with E-state index < -0.39 is 47.5 Å². The highest BCUT2D eigenvalue weighted by atomic mass is 19.4. The number of likely N-dealkylation sites (tertiary alicyclic amines) is 1. The maximum atomic E-state index is 14.2. The smallest absolute Gasteiger partial charge is 0.387 e. The Kier molecular flexibility index (Phi) is 7.19. The van der Waals surface area contributed by atoms with Gasteiger partial charge in [-0.05, 0) is 54.7 Å². The zero-order chi connectivity index (χ0) is 27.7. The van der Waals surface area contributed by atoms with Crippen molar-refractivity contribution in [3.8, 4) is 0 Å². The summed E-state index contributed by atoms with van der Waals surface area (Å²) in [4.78, 5) is 35.9. The van der Waals surface area contributed by atoms with Crippen LogP contribution in [-0.2, 0) is 22.4 Å². The maximum absolute atomic E-state index is 14.2. The normalized spacial score (nSPS) is 18.1. The van der Waals surface area contributed by atoms with Crippen LogP contribution in [0, 0.1) is 11.6 Å². The third-order valence-corrected chi connectivity index (χ3v) is 7.01. The second kappa shape index (κ2) is 10.6. The van der Waals surface area contributed by atoms with Gasteiger partial charge >= 0.3 is 6.18 Å². The average Bonchev–Trinajstić information content (AvgIpc) is 3.39. The van der Waals surface area contributed by atoms with Crippen LogP contribution in [0.25, 0.3) is 0 Å². The Morgan fingerprint density at radius 3 is 2.46 bits per heavy atom. The van der Waals surface area contributed by atoms with Crippen LogP contribution in [0.15, 0.2) is 64.8 Å². The molecule has 1 saturated heterocycles. The zero-order valence-corrected chi connectivity index (χ0v) is 20.5. The first kappa shape index (κ1) is 26.5. The van der Waals surface area contributed by atoms with Crippen LogP contribution in [0.3, 0.4) is 0 Å². The molecule has 0 spiro atoms. The number of rotatable bonds is 5. The molecule has 1 atom stereocenters. The first-order valence-electron chi connectivity index (χ1n) is 12.3. The Bertz CT molecular complexity index is 1460. The Labute approximate surface area is 219 Å². The molecule has 12 heteroatoms. The van der Waals surface area contributed by atoms with E-state index in [2.05, 4.69) is 10.1 Å². The van der Waals surface area contributed by atoms with Gasteiger partial charge < -0.3 is 14.3 Å². The van der Waals surface area contributed by atoms with Crippen LogP contribution in [0.4, 0.5) is 22.0 Å². The number of amides is 1. The van der Waals surface area contributed by atoms with Crippen molar-refractivity contribution < 1.29 is 31.6 Å². The first-order chi connectivity index (χ1) is 18.6. The fraction of sp³-hybridized carbons (Fsp3) is 0.333. The average molecular weight is 546 g/mol. The third kappa shape index (κ3) is 5.69. The van der Waals surface area contributed by atoms with E-state index in [4.69, 9.17) is 4.84 Å². The number of hydrogen-bond donors (Lipinski definition) is 0. The first-order valence-corrected chi connectivity index (χ1v) is 12.3. The minimum atomic E-state index is -4.62. The molecule has 39 heavy (non-hydrogen) atoms. The lowest BCUT2D eigenvalue weighted by molar-refractivity contribution is -0.139. The number of oxime groups is 1. The quantitative estimate of drug-likeness (QED) is 0.431. The largest absolute Gasteiger partial charge is 0.417 e. The summed E-state index contributed by atoms with van der Waals surface area (Å²) < 4.78 is 68.1. The molecule has 5 rings (SSSR count). The molecule has 2 aromatic heterocycles. The summed E-state index contributed by atoms with van der Waals surface area (Å²) in [6.45, 7) is 0.261. The van der Waals surface area contributed by atoms with Gasteiger partial charge in [0.2, 0.25) is 5.91 Å². The molecule has 1 unspecified atom stereocenters. The highest BCUT2D eigenvalue weighted by Crippen LogP contribution is 2.34. The Balaban J connectivity index is 1.21. The highest BCUT2D eigenvalue weighted by molar-refractivity contribution is 5.99. The molecule has 0 aliphatic carbocycles. The van der Waals surface area contributed by atoms with Crippen molar-refractivity contribution in [3.05, 3.63) is 99.2 Å². The van der Waals surface area contributed by atoms with Gasteiger partial charge in [0.1, 0.15) is 23.9 Å². The van der Waals surface area contributed by atoms with Crippen molar-refractivity contribution in [3.63, 3.8) is 0 Å². The van der Waals surface area contributed by atoms with Gasteiger partial charge in [0.25, 0.3) is 5.56 Å². The van der Waals surface area contributed by atoms with Gasteiger partial charge in [-0.25, -0.2) is 8.78 Å². The predicted molar refractivity (Wildman–Crippen MR) is 130 cm³/mol. The van der Waals surface area contributed by atoms with E-state index in [1.54, 1.807) is 6.20 Å². The maximum Gasteiger partial charge on any atom is 0.417 e. The van der Waals surface area contributed by atoms with Crippen molar-refractivity contribution in [2.24, 2.45) is 5.16 Å². The monoisotopic (exact) mass is 546 g/mol. The van der Waals surface area contributed by atoms with E-state index in [0.717, 1.165) is 28.3 Å². The molecule has 7 nitrogen and oxygen atoms in total. The molecule has 0 radical (unpaired) electrons. The molecule has 204 valence electrons. The minimum absolute atomic E-state index is 0.0785. The van der Waals surface area contributed by atoms with Crippen LogP contribution in [-0.4, -0.2) is 39.2 Å². The van der Waals surface area contributed by atoms with Crippen molar-refractivity contribution in [1.82, 2.24) is 14.5 Å². The number of pyridine rings is 2. The minimum Gasteiger partial charge on any atom is -0.387 e. The summed E-state index contributed by atoms with van der Waals surface area (Å²) in [5, 5.41) is 4.01. The lowest BCUT2D eigenvalue weighted by atomic mass is 9.89. The molecule has 4 heterocycles. The fourth-order valence-corrected chi connectivity index (χ4v) is 4.89. The van der Waals surface area contributed by atoms with Crippen molar-refractivity contribution in [2.45, 2.75) is 44.0 Å². The van der Waals surface area contributed by atoms with E-state index in [-0.39, 0.29) is 17.9 Å². The van der Waals surface area contributed by atoms with Crippen LogP contribution < -0.4 is 5.56 Å². The van der Waals surface area contributed by atoms with Crippen LogP contribution >= 0.6 is 0 Å². The zero-order valence-electron chi connectivity index (χ0n) is 20.5. The van der Waals surface area contributed by atoms with E-state index in [1.165, 1.54) is 11.0 Å². The number of nitrogens with zero attached hydrogens (tertiary/aromatic N) is 4. The number of carbonyl (C=O) groups is 1. The number of alkyl halides is 3. The van der Waals surface area contributed by atoms with Crippen LogP contribution in [0.1, 0.15) is 53.7 Å². The fourth-order valence-electron chi connectivity index (χ4n) is 4.89. The van der Waals surface area contributed by atoms with E-state index >= 15 is 0 Å². The molecule has 0 N–H and O–H groups in total. The highest BCUT2D eigenvalue weighted by Gasteiger charge is 2.32. The molecule has 1 fully saturated rings. The molecule has 2 aliphatic heterocycles. The van der Waals surface area contributed by atoms with E-state index in [1.807, 2.05) is 12.1 Å². The summed E-state index contributed by atoms with van der Waals surface area (Å²) in [6, 6.07) is 8.78. The second-order valence-corrected chi connectivity index (χ2v) is 9.48. The predicted octanol–water partition coefficient (Wildman–Crippen LogP) is 4.81. The second-order valence-electron chi connectivity index (χ2n) is 9.48. The Hall–Kier alpha value is -4.09. The number of halogens is 5. The molecule has 3 aromatic rings. The Morgan fingerprint density at radius 2 is 1.77 bits per heavy atom. The molecule has 0 bridgehead atoms. The summed E-state index contributed by atoms with van der Waals surface area (Å²) in [6.07, 6.45) is -1.91. The van der Waals surface area contributed by atoms with E-state index in [0.29, 0.717) is 49.6 Å². The molecule has 0 saturated carbocycles.